The number of nitrogens with one attached hydrogen (secondary N) is 2. The molecule has 0 amide bonds. The first-order valence-corrected chi connectivity index (χ1v) is 11.2. The average Bonchev–Trinajstić information content (AvgIpc) is 3.41. The molecule has 4 aromatic heterocycles. The van der Waals surface area contributed by atoms with E-state index in [1.54, 1.807) is 18.7 Å². The molecule has 1 aliphatic carbocycles. The van der Waals surface area contributed by atoms with Gasteiger partial charge in [-0.15, -0.1) is 0 Å². The van der Waals surface area contributed by atoms with E-state index >= 15 is 0 Å². The Morgan fingerprint density at radius 2 is 1.97 bits per heavy atom. The number of benzene rings is 1. The van der Waals surface area contributed by atoms with Crippen LogP contribution in [0.5, 0.6) is 0 Å². The number of hydrogen-bond donors (Lipinski definition) is 2. The summed E-state index contributed by atoms with van der Waals surface area (Å²) in [6.07, 6.45) is 10.2. The first-order valence-electron chi connectivity index (χ1n) is 11.2. The molecule has 1 aliphatic rings. The molecule has 0 aliphatic heterocycles. The van der Waals surface area contributed by atoms with Gasteiger partial charge in [0.2, 0.25) is 0 Å². The van der Waals surface area contributed by atoms with E-state index in [9.17, 15) is 0 Å². The fourth-order valence-corrected chi connectivity index (χ4v) is 4.77. The summed E-state index contributed by atoms with van der Waals surface area (Å²) in [5.41, 5.74) is 7.79. The van der Waals surface area contributed by atoms with E-state index in [1.807, 2.05) is 10.7 Å². The van der Waals surface area contributed by atoms with Crippen molar-refractivity contribution in [2.75, 3.05) is 5.32 Å². The minimum Gasteiger partial charge on any atom is -0.367 e. The van der Waals surface area contributed by atoms with E-state index in [-0.39, 0.29) is 0 Å². The summed E-state index contributed by atoms with van der Waals surface area (Å²) in [6.45, 7) is 4.34. The maximum Gasteiger partial charge on any atom is 0.161 e. The Morgan fingerprint density at radius 1 is 1.12 bits per heavy atom. The number of hydrogen-bond acceptors (Lipinski definition) is 5. The number of aromatic nitrogens is 6. The van der Waals surface area contributed by atoms with E-state index in [1.165, 1.54) is 22.2 Å². The number of para-hydroxylation sites is 1. The van der Waals surface area contributed by atoms with Crippen molar-refractivity contribution in [3.8, 4) is 11.3 Å². The molecule has 1 atom stereocenters. The zero-order chi connectivity index (χ0) is 21.7. The molecule has 2 N–H and O–H groups in total. The van der Waals surface area contributed by atoms with Crippen LogP contribution in [0.3, 0.4) is 0 Å². The van der Waals surface area contributed by atoms with E-state index in [4.69, 9.17) is 4.98 Å². The van der Waals surface area contributed by atoms with Crippen molar-refractivity contribution in [3.63, 3.8) is 0 Å². The van der Waals surface area contributed by atoms with Crippen LogP contribution in [0.15, 0.2) is 55.2 Å². The highest BCUT2D eigenvalue weighted by molar-refractivity contribution is 5.85. The Kier molecular flexibility index (Phi) is 4.41. The Labute approximate surface area is 186 Å². The molecule has 5 aromatic rings. The highest BCUT2D eigenvalue weighted by Gasteiger charge is 2.24. The number of aryl methyl sites for hydroxylation is 1. The number of rotatable bonds is 4. The van der Waals surface area contributed by atoms with Crippen LogP contribution in [0.1, 0.15) is 43.0 Å². The normalized spacial score (nSPS) is 16.0. The molecular weight excluding hydrogens is 398 g/mol. The second-order valence-corrected chi connectivity index (χ2v) is 8.86. The first-order chi connectivity index (χ1) is 15.7. The standard InChI is InChI=1S/C25H25N7/c1-15(2)20-13-28-32-24(10-23(31-25(20)32)16-11-26-14-27-12-16)29-17-7-8-22-19(9-17)18-5-3-4-6-21(18)30-22/h3-6,10-15,17,29-30H,7-9H2,1-2H3/t17-/m1/s1. The molecule has 0 radical (unpaired) electrons. The van der Waals surface area contributed by atoms with Crippen LogP contribution in [0, 0.1) is 0 Å². The van der Waals surface area contributed by atoms with Gasteiger partial charge in [0.15, 0.2) is 5.65 Å². The number of H-pyrrole nitrogens is 1. The van der Waals surface area contributed by atoms with Crippen molar-refractivity contribution >= 4 is 22.4 Å². The fourth-order valence-electron chi connectivity index (χ4n) is 4.77. The molecule has 160 valence electrons. The number of aromatic amines is 1. The zero-order valence-corrected chi connectivity index (χ0v) is 18.2. The summed E-state index contributed by atoms with van der Waals surface area (Å²) in [7, 11) is 0. The van der Waals surface area contributed by atoms with Crippen LogP contribution in [0.25, 0.3) is 27.8 Å². The van der Waals surface area contributed by atoms with E-state index < -0.39 is 0 Å². The van der Waals surface area contributed by atoms with Gasteiger partial charge in [-0.1, -0.05) is 32.0 Å². The first kappa shape index (κ1) is 19.0. The molecule has 0 bridgehead atoms. The largest absolute Gasteiger partial charge is 0.367 e. The molecule has 7 nitrogen and oxygen atoms in total. The number of nitrogens with zero attached hydrogens (tertiary/aromatic N) is 5. The maximum atomic E-state index is 4.92. The van der Waals surface area contributed by atoms with E-state index in [2.05, 4.69) is 69.5 Å². The zero-order valence-electron chi connectivity index (χ0n) is 18.2. The average molecular weight is 424 g/mol. The molecule has 1 aromatic carbocycles. The lowest BCUT2D eigenvalue weighted by Gasteiger charge is -2.25. The topological polar surface area (TPSA) is 83.8 Å². The van der Waals surface area contributed by atoms with Gasteiger partial charge in [-0.2, -0.15) is 9.61 Å². The lowest BCUT2D eigenvalue weighted by molar-refractivity contribution is 0.603. The quantitative estimate of drug-likeness (QED) is 0.435. The van der Waals surface area contributed by atoms with Gasteiger partial charge < -0.3 is 10.3 Å². The summed E-state index contributed by atoms with van der Waals surface area (Å²) >= 11 is 0. The summed E-state index contributed by atoms with van der Waals surface area (Å²) in [5, 5.41) is 9.80. The molecule has 0 fully saturated rings. The molecule has 0 spiro atoms. The SMILES string of the molecule is CC(C)c1cnn2c(N[C@@H]3CCc4[nH]c5ccccc5c4C3)cc(-c3cncnc3)nc12. The van der Waals surface area contributed by atoms with Crippen LogP contribution >= 0.6 is 0 Å². The lowest BCUT2D eigenvalue weighted by Crippen LogP contribution is -2.28. The van der Waals surface area contributed by atoms with Crippen LogP contribution in [0.2, 0.25) is 0 Å². The smallest absolute Gasteiger partial charge is 0.161 e. The molecule has 6 rings (SSSR count). The summed E-state index contributed by atoms with van der Waals surface area (Å²) < 4.78 is 1.94. The summed E-state index contributed by atoms with van der Waals surface area (Å²) in [4.78, 5) is 16.9. The second-order valence-electron chi connectivity index (χ2n) is 8.86. The Morgan fingerprint density at radius 3 is 2.81 bits per heavy atom. The number of fused-ring (bicyclic) bond motifs is 4. The molecule has 0 unspecified atom stereocenters. The minimum atomic E-state index is 0.318. The highest BCUT2D eigenvalue weighted by Crippen LogP contribution is 2.32. The van der Waals surface area contributed by atoms with Crippen molar-refractivity contribution in [3.05, 3.63) is 72.1 Å². The third kappa shape index (κ3) is 3.12. The van der Waals surface area contributed by atoms with Gasteiger partial charge in [-0.05, 0) is 36.8 Å². The van der Waals surface area contributed by atoms with Gasteiger partial charge >= 0.3 is 0 Å². The summed E-state index contributed by atoms with van der Waals surface area (Å²) in [5.74, 6) is 1.28. The Bertz CT molecular complexity index is 1410. The summed E-state index contributed by atoms with van der Waals surface area (Å²) in [6, 6.07) is 11.0. The van der Waals surface area contributed by atoms with Gasteiger partial charge in [-0.25, -0.2) is 15.0 Å². The van der Waals surface area contributed by atoms with Crippen molar-refractivity contribution in [1.29, 1.82) is 0 Å². The highest BCUT2D eigenvalue weighted by atomic mass is 15.3. The van der Waals surface area contributed by atoms with Gasteiger partial charge in [-0.3, -0.25) is 0 Å². The predicted molar refractivity (Wildman–Crippen MR) is 126 cm³/mol. The van der Waals surface area contributed by atoms with Crippen molar-refractivity contribution in [2.45, 2.75) is 45.1 Å². The Balaban J connectivity index is 1.41. The monoisotopic (exact) mass is 423 g/mol. The third-order valence-electron chi connectivity index (χ3n) is 6.42. The lowest BCUT2D eigenvalue weighted by atomic mass is 9.91. The van der Waals surface area contributed by atoms with Gasteiger partial charge in [0.1, 0.15) is 12.1 Å². The van der Waals surface area contributed by atoms with Gasteiger partial charge in [0, 0.05) is 52.2 Å². The maximum absolute atomic E-state index is 4.92. The van der Waals surface area contributed by atoms with Crippen LogP contribution in [-0.4, -0.2) is 35.6 Å². The van der Waals surface area contributed by atoms with Crippen LogP contribution in [-0.2, 0) is 12.8 Å². The molecule has 4 heterocycles. The van der Waals surface area contributed by atoms with Crippen molar-refractivity contribution in [1.82, 2.24) is 29.5 Å². The van der Waals surface area contributed by atoms with Gasteiger partial charge in [0.25, 0.3) is 0 Å². The van der Waals surface area contributed by atoms with Crippen molar-refractivity contribution in [2.24, 2.45) is 0 Å². The molecule has 7 heteroatoms. The number of anilines is 1. The second kappa shape index (κ2) is 7.44. The van der Waals surface area contributed by atoms with Crippen LogP contribution in [0.4, 0.5) is 5.82 Å². The molecule has 0 saturated heterocycles. The van der Waals surface area contributed by atoms with E-state index in [0.29, 0.717) is 12.0 Å². The van der Waals surface area contributed by atoms with Gasteiger partial charge in [0.05, 0.1) is 11.9 Å². The molecular formula is C25H25N7. The Hall–Kier alpha value is -3.74. The fraction of sp³-hybridized carbons (Fsp3) is 0.280. The third-order valence-corrected chi connectivity index (χ3v) is 6.42. The minimum absolute atomic E-state index is 0.318. The molecule has 32 heavy (non-hydrogen) atoms. The van der Waals surface area contributed by atoms with Crippen LogP contribution < -0.4 is 5.32 Å². The van der Waals surface area contributed by atoms with Crippen molar-refractivity contribution < 1.29 is 0 Å². The molecule has 0 saturated carbocycles. The predicted octanol–water partition coefficient (Wildman–Crippen LogP) is 4.76. The van der Waals surface area contributed by atoms with E-state index in [0.717, 1.165) is 47.5 Å².